The Morgan fingerprint density at radius 2 is 1.52 bits per heavy atom. The van der Waals surface area contributed by atoms with Gasteiger partial charge in [-0.1, -0.05) is 35.9 Å². The average molecular weight is 421 g/mol. The van der Waals surface area contributed by atoms with Gasteiger partial charge in [-0.05, 0) is 25.5 Å². The maximum Gasteiger partial charge on any atom is 0.137 e. The molecule has 0 bridgehead atoms. The Hall–Kier alpha value is -1.40. The van der Waals surface area contributed by atoms with Crippen molar-refractivity contribution in [2.75, 3.05) is 21.1 Å². The Balaban J connectivity index is 0.00000192. The minimum atomic E-state index is 0. The number of aryl methyl sites for hydroxylation is 2. The lowest BCUT2D eigenvalue weighted by atomic mass is 10.1. The van der Waals surface area contributed by atoms with Gasteiger partial charge < -0.3 is 28.5 Å². The van der Waals surface area contributed by atoms with Gasteiger partial charge in [0.05, 0.1) is 26.8 Å². The third-order valence-corrected chi connectivity index (χ3v) is 3.81. The maximum atomic E-state index is 4.89. The zero-order valence-corrected chi connectivity index (χ0v) is 16.6. The molecule has 0 aliphatic rings. The fourth-order valence-corrected chi connectivity index (χ4v) is 2.74. The molecule has 23 heavy (non-hydrogen) atoms. The quantitative estimate of drug-likeness (QED) is 0.453. The first kappa shape index (κ1) is 17.9. The number of benzene rings is 1. The van der Waals surface area contributed by atoms with E-state index in [2.05, 4.69) is 82.0 Å². The van der Waals surface area contributed by atoms with Crippen molar-refractivity contribution in [1.82, 2.24) is 9.38 Å². The first-order valence-electron chi connectivity index (χ1n) is 7.68. The molecule has 0 fully saturated rings. The number of aromatic nitrogens is 2. The molecule has 1 aromatic carbocycles. The third-order valence-electron chi connectivity index (χ3n) is 3.81. The minimum absolute atomic E-state index is 0. The van der Waals surface area contributed by atoms with Crippen LogP contribution in [-0.4, -0.2) is 35.0 Å². The molecular formula is C19H24IN3. The predicted octanol–water partition coefficient (Wildman–Crippen LogP) is 0.828. The van der Waals surface area contributed by atoms with Crippen molar-refractivity contribution >= 4 is 5.65 Å². The molecule has 122 valence electrons. The SMILES string of the molecule is Cc1ccc(-c2nc3ccc(C)cn3c2C[N+](C)(C)C)cc1.[I-]. The second kappa shape index (κ2) is 6.61. The van der Waals surface area contributed by atoms with Gasteiger partial charge in [-0.25, -0.2) is 4.98 Å². The van der Waals surface area contributed by atoms with Crippen LogP contribution < -0.4 is 24.0 Å². The number of nitrogens with zero attached hydrogens (tertiary/aromatic N) is 3. The molecular weight excluding hydrogens is 397 g/mol. The standard InChI is InChI=1S/C19H24N3.HI/c1-14-6-9-16(10-7-14)19-17(13-22(3,4)5)21-12-15(2)8-11-18(21)20-19;/h6-12H,13H2,1-5H3;1H/q+1;/p-1. The molecule has 0 atom stereocenters. The van der Waals surface area contributed by atoms with Crippen LogP contribution in [0.15, 0.2) is 42.6 Å². The zero-order chi connectivity index (χ0) is 15.9. The Bertz CT molecular complexity index is 811. The second-order valence-corrected chi connectivity index (χ2v) is 7.16. The molecule has 0 saturated heterocycles. The summed E-state index contributed by atoms with van der Waals surface area (Å²) in [6, 6.07) is 12.9. The van der Waals surface area contributed by atoms with Crippen LogP contribution in [0.2, 0.25) is 0 Å². The largest absolute Gasteiger partial charge is 1.00 e. The van der Waals surface area contributed by atoms with Crippen LogP contribution in [-0.2, 0) is 6.54 Å². The van der Waals surface area contributed by atoms with Crippen LogP contribution in [0.3, 0.4) is 0 Å². The molecule has 2 heterocycles. The van der Waals surface area contributed by atoms with E-state index in [0.717, 1.165) is 22.4 Å². The van der Waals surface area contributed by atoms with E-state index in [-0.39, 0.29) is 24.0 Å². The summed E-state index contributed by atoms with van der Waals surface area (Å²) in [5.74, 6) is 0. The third kappa shape index (κ3) is 3.93. The number of hydrogen-bond acceptors (Lipinski definition) is 1. The fraction of sp³-hybridized carbons (Fsp3) is 0.316. The lowest BCUT2D eigenvalue weighted by Gasteiger charge is -2.24. The van der Waals surface area contributed by atoms with Gasteiger partial charge in [0.1, 0.15) is 17.9 Å². The highest BCUT2D eigenvalue weighted by molar-refractivity contribution is 5.66. The van der Waals surface area contributed by atoms with Crippen LogP contribution in [0.25, 0.3) is 16.9 Å². The van der Waals surface area contributed by atoms with Gasteiger partial charge in [-0.15, -0.1) is 0 Å². The van der Waals surface area contributed by atoms with E-state index >= 15 is 0 Å². The molecule has 2 aromatic heterocycles. The molecule has 0 aliphatic heterocycles. The Morgan fingerprint density at radius 3 is 2.13 bits per heavy atom. The molecule has 0 amide bonds. The first-order valence-corrected chi connectivity index (χ1v) is 7.68. The Kier molecular flexibility index (Phi) is 5.16. The van der Waals surface area contributed by atoms with Crippen molar-refractivity contribution in [3.05, 3.63) is 59.4 Å². The topological polar surface area (TPSA) is 17.3 Å². The van der Waals surface area contributed by atoms with E-state index in [0.29, 0.717) is 0 Å². The van der Waals surface area contributed by atoms with Gasteiger partial charge >= 0.3 is 0 Å². The molecule has 0 saturated carbocycles. The van der Waals surface area contributed by atoms with Crippen molar-refractivity contribution in [2.24, 2.45) is 0 Å². The smallest absolute Gasteiger partial charge is 0.137 e. The molecule has 0 N–H and O–H groups in total. The first-order chi connectivity index (χ1) is 10.3. The van der Waals surface area contributed by atoms with E-state index in [1.807, 2.05) is 0 Å². The highest BCUT2D eigenvalue weighted by Gasteiger charge is 2.20. The number of rotatable bonds is 3. The van der Waals surface area contributed by atoms with Crippen LogP contribution in [0.4, 0.5) is 0 Å². The summed E-state index contributed by atoms with van der Waals surface area (Å²) in [6.45, 7) is 5.18. The summed E-state index contributed by atoms with van der Waals surface area (Å²) >= 11 is 0. The van der Waals surface area contributed by atoms with Crippen molar-refractivity contribution in [3.8, 4) is 11.3 Å². The number of imidazole rings is 1. The number of halogens is 1. The number of quaternary nitrogens is 1. The highest BCUT2D eigenvalue weighted by atomic mass is 127. The molecule has 3 nitrogen and oxygen atoms in total. The van der Waals surface area contributed by atoms with E-state index in [4.69, 9.17) is 4.98 Å². The highest BCUT2D eigenvalue weighted by Crippen LogP contribution is 2.27. The van der Waals surface area contributed by atoms with E-state index in [9.17, 15) is 0 Å². The van der Waals surface area contributed by atoms with E-state index < -0.39 is 0 Å². The Labute approximate surface area is 155 Å². The summed E-state index contributed by atoms with van der Waals surface area (Å²) < 4.78 is 3.12. The number of fused-ring (bicyclic) bond motifs is 1. The summed E-state index contributed by atoms with van der Waals surface area (Å²) in [4.78, 5) is 4.89. The van der Waals surface area contributed by atoms with Crippen LogP contribution in [0.1, 0.15) is 16.8 Å². The molecule has 0 radical (unpaired) electrons. The number of hydrogen-bond donors (Lipinski definition) is 0. The van der Waals surface area contributed by atoms with Crippen LogP contribution in [0, 0.1) is 13.8 Å². The molecule has 3 aromatic rings. The predicted molar refractivity (Wildman–Crippen MR) is 91.8 cm³/mol. The van der Waals surface area contributed by atoms with Crippen molar-refractivity contribution in [1.29, 1.82) is 0 Å². The summed E-state index contributed by atoms with van der Waals surface area (Å²) in [5.41, 5.74) is 7.10. The normalized spacial score (nSPS) is 11.5. The Morgan fingerprint density at radius 1 is 0.913 bits per heavy atom. The zero-order valence-electron chi connectivity index (χ0n) is 14.5. The fourth-order valence-electron chi connectivity index (χ4n) is 2.74. The second-order valence-electron chi connectivity index (χ2n) is 7.16. The minimum Gasteiger partial charge on any atom is -1.00 e. The monoisotopic (exact) mass is 421 g/mol. The van der Waals surface area contributed by atoms with Gasteiger partial charge in [0, 0.05) is 11.8 Å². The maximum absolute atomic E-state index is 4.89. The van der Waals surface area contributed by atoms with Crippen LogP contribution in [0.5, 0.6) is 0 Å². The molecule has 0 aliphatic carbocycles. The summed E-state index contributed by atoms with van der Waals surface area (Å²) in [5, 5.41) is 0. The van der Waals surface area contributed by atoms with Gasteiger partial charge in [-0.2, -0.15) is 0 Å². The van der Waals surface area contributed by atoms with Gasteiger partial charge in [-0.3, -0.25) is 4.40 Å². The molecule has 0 unspecified atom stereocenters. The lowest BCUT2D eigenvalue weighted by molar-refractivity contribution is -0.884. The van der Waals surface area contributed by atoms with Crippen LogP contribution >= 0.6 is 0 Å². The van der Waals surface area contributed by atoms with Crippen molar-refractivity contribution in [3.63, 3.8) is 0 Å². The number of pyridine rings is 1. The van der Waals surface area contributed by atoms with Gasteiger partial charge in [0.15, 0.2) is 0 Å². The van der Waals surface area contributed by atoms with Gasteiger partial charge in [0.2, 0.25) is 0 Å². The van der Waals surface area contributed by atoms with E-state index in [1.165, 1.54) is 22.4 Å². The summed E-state index contributed by atoms with van der Waals surface area (Å²) in [6.07, 6.45) is 2.19. The lowest BCUT2D eigenvalue weighted by Crippen LogP contribution is -3.00. The average Bonchev–Trinajstić information content (AvgIpc) is 2.76. The molecule has 0 spiro atoms. The van der Waals surface area contributed by atoms with Gasteiger partial charge in [0.25, 0.3) is 0 Å². The van der Waals surface area contributed by atoms with Crippen molar-refractivity contribution in [2.45, 2.75) is 20.4 Å². The summed E-state index contributed by atoms with van der Waals surface area (Å²) in [7, 11) is 6.65. The van der Waals surface area contributed by atoms with Crippen molar-refractivity contribution < 1.29 is 28.5 Å². The molecule has 3 rings (SSSR count). The molecule has 4 heteroatoms. The van der Waals surface area contributed by atoms with E-state index in [1.54, 1.807) is 0 Å².